The SMILES string of the molecule is CC(=O)N[C@H](c1ccccn1)[C@H]1CCCN(C(=O)Cc2ccc(F)cc2)C1. The van der Waals surface area contributed by atoms with Crippen LogP contribution in [0.2, 0.25) is 0 Å². The van der Waals surface area contributed by atoms with Crippen molar-refractivity contribution in [3.63, 3.8) is 0 Å². The molecule has 142 valence electrons. The number of aromatic nitrogens is 1. The van der Waals surface area contributed by atoms with Crippen molar-refractivity contribution in [3.8, 4) is 0 Å². The van der Waals surface area contributed by atoms with Gasteiger partial charge in [-0.2, -0.15) is 0 Å². The molecule has 1 fully saturated rings. The molecular weight excluding hydrogens is 345 g/mol. The first-order valence-electron chi connectivity index (χ1n) is 9.23. The number of pyridine rings is 1. The standard InChI is InChI=1S/C21H24FN3O2/c1-15(26)24-21(19-6-2-3-11-23-19)17-5-4-12-25(14-17)20(27)13-16-7-9-18(22)10-8-16/h2-3,6-11,17,21H,4-5,12-14H2,1H3,(H,24,26)/t17-,21-/m0/s1. The summed E-state index contributed by atoms with van der Waals surface area (Å²) < 4.78 is 13.0. The van der Waals surface area contributed by atoms with Crippen LogP contribution in [-0.4, -0.2) is 34.8 Å². The van der Waals surface area contributed by atoms with Gasteiger partial charge in [-0.05, 0) is 42.7 Å². The maximum atomic E-state index is 13.0. The second-order valence-corrected chi connectivity index (χ2v) is 6.98. The van der Waals surface area contributed by atoms with Crippen LogP contribution in [-0.2, 0) is 16.0 Å². The smallest absolute Gasteiger partial charge is 0.226 e. The average Bonchev–Trinajstić information content (AvgIpc) is 2.68. The van der Waals surface area contributed by atoms with Crippen molar-refractivity contribution in [1.82, 2.24) is 15.2 Å². The van der Waals surface area contributed by atoms with E-state index in [1.165, 1.54) is 19.1 Å². The van der Waals surface area contributed by atoms with Crippen molar-refractivity contribution in [3.05, 3.63) is 65.7 Å². The zero-order chi connectivity index (χ0) is 19.2. The topological polar surface area (TPSA) is 62.3 Å². The Morgan fingerprint density at radius 1 is 1.26 bits per heavy atom. The second kappa shape index (κ2) is 8.75. The minimum absolute atomic E-state index is 0.0221. The molecule has 1 aromatic heterocycles. The average molecular weight is 369 g/mol. The fourth-order valence-corrected chi connectivity index (χ4v) is 3.61. The summed E-state index contributed by atoms with van der Waals surface area (Å²) in [5.74, 6) is -0.290. The molecule has 1 aromatic carbocycles. The van der Waals surface area contributed by atoms with Gasteiger partial charge >= 0.3 is 0 Å². The molecule has 1 saturated heterocycles. The normalized spacial score (nSPS) is 18.0. The zero-order valence-corrected chi connectivity index (χ0v) is 15.4. The van der Waals surface area contributed by atoms with Crippen molar-refractivity contribution in [2.24, 2.45) is 5.92 Å². The van der Waals surface area contributed by atoms with Crippen LogP contribution in [0.15, 0.2) is 48.7 Å². The maximum absolute atomic E-state index is 13.0. The van der Waals surface area contributed by atoms with E-state index in [1.807, 2.05) is 23.1 Å². The fourth-order valence-electron chi connectivity index (χ4n) is 3.61. The molecule has 27 heavy (non-hydrogen) atoms. The van der Waals surface area contributed by atoms with Gasteiger partial charge in [0.15, 0.2) is 0 Å². The Morgan fingerprint density at radius 2 is 2.04 bits per heavy atom. The van der Waals surface area contributed by atoms with Crippen molar-refractivity contribution < 1.29 is 14.0 Å². The van der Waals surface area contributed by atoms with Crippen molar-refractivity contribution in [2.75, 3.05) is 13.1 Å². The molecule has 1 aliphatic rings. The number of nitrogens with zero attached hydrogens (tertiary/aromatic N) is 2. The molecular formula is C21H24FN3O2. The first-order chi connectivity index (χ1) is 13.0. The molecule has 1 N–H and O–H groups in total. The summed E-state index contributed by atoms with van der Waals surface area (Å²) >= 11 is 0. The number of nitrogens with one attached hydrogen (secondary N) is 1. The van der Waals surface area contributed by atoms with Gasteiger partial charge in [0, 0.05) is 32.1 Å². The number of hydrogen-bond donors (Lipinski definition) is 1. The number of halogens is 1. The summed E-state index contributed by atoms with van der Waals surface area (Å²) in [6.07, 6.45) is 3.76. The third-order valence-corrected chi connectivity index (χ3v) is 4.92. The summed E-state index contributed by atoms with van der Waals surface area (Å²) in [4.78, 5) is 30.7. The van der Waals surface area contributed by atoms with Gasteiger partial charge in [-0.3, -0.25) is 14.6 Å². The lowest BCUT2D eigenvalue weighted by atomic mass is 9.88. The Balaban J connectivity index is 1.70. The molecule has 6 heteroatoms. The van der Waals surface area contributed by atoms with E-state index >= 15 is 0 Å². The summed E-state index contributed by atoms with van der Waals surface area (Å²) in [5, 5.41) is 3.00. The number of rotatable bonds is 5. The van der Waals surface area contributed by atoms with Gasteiger partial charge < -0.3 is 10.2 Å². The summed E-state index contributed by atoms with van der Waals surface area (Å²) in [5.41, 5.74) is 1.61. The monoisotopic (exact) mass is 369 g/mol. The lowest BCUT2D eigenvalue weighted by Gasteiger charge is -2.37. The number of benzene rings is 1. The van der Waals surface area contributed by atoms with Crippen LogP contribution in [0.1, 0.15) is 37.1 Å². The number of amides is 2. The lowest BCUT2D eigenvalue weighted by molar-refractivity contribution is -0.132. The van der Waals surface area contributed by atoms with E-state index in [9.17, 15) is 14.0 Å². The minimum Gasteiger partial charge on any atom is -0.348 e. The number of carbonyl (C=O) groups is 2. The Labute approximate surface area is 158 Å². The molecule has 3 rings (SSSR count). The number of piperidine rings is 1. The van der Waals surface area contributed by atoms with Crippen molar-refractivity contribution in [2.45, 2.75) is 32.2 Å². The highest BCUT2D eigenvalue weighted by molar-refractivity contribution is 5.79. The molecule has 2 aromatic rings. The van der Waals surface area contributed by atoms with Crippen LogP contribution in [0.5, 0.6) is 0 Å². The van der Waals surface area contributed by atoms with Gasteiger partial charge in [-0.25, -0.2) is 4.39 Å². The minimum atomic E-state index is -0.308. The van der Waals surface area contributed by atoms with Gasteiger partial charge in [-0.15, -0.1) is 0 Å². The molecule has 0 saturated carbocycles. The Hall–Kier alpha value is -2.76. The molecule has 0 aliphatic carbocycles. The van der Waals surface area contributed by atoms with Gasteiger partial charge in [-0.1, -0.05) is 18.2 Å². The van der Waals surface area contributed by atoms with E-state index in [0.29, 0.717) is 13.1 Å². The van der Waals surface area contributed by atoms with E-state index in [0.717, 1.165) is 24.1 Å². The van der Waals surface area contributed by atoms with Crippen molar-refractivity contribution >= 4 is 11.8 Å². The van der Waals surface area contributed by atoms with E-state index < -0.39 is 0 Å². The molecule has 0 spiro atoms. The lowest BCUT2D eigenvalue weighted by Crippen LogP contribution is -2.45. The molecule has 2 amide bonds. The quantitative estimate of drug-likeness (QED) is 0.882. The van der Waals surface area contributed by atoms with Gasteiger partial charge in [0.2, 0.25) is 11.8 Å². The van der Waals surface area contributed by atoms with Crippen LogP contribution in [0.25, 0.3) is 0 Å². The number of likely N-dealkylation sites (tertiary alicyclic amines) is 1. The molecule has 5 nitrogen and oxygen atoms in total. The second-order valence-electron chi connectivity index (χ2n) is 6.98. The van der Waals surface area contributed by atoms with Crippen LogP contribution < -0.4 is 5.32 Å². The number of hydrogen-bond acceptors (Lipinski definition) is 3. The van der Waals surface area contributed by atoms with Crippen LogP contribution in [0, 0.1) is 11.7 Å². The summed E-state index contributed by atoms with van der Waals surface area (Å²) in [6, 6.07) is 11.5. The van der Waals surface area contributed by atoms with E-state index in [1.54, 1.807) is 18.3 Å². The highest BCUT2D eigenvalue weighted by Gasteiger charge is 2.31. The molecule has 2 atom stereocenters. The Morgan fingerprint density at radius 3 is 2.70 bits per heavy atom. The van der Waals surface area contributed by atoms with Gasteiger partial charge in [0.05, 0.1) is 18.2 Å². The van der Waals surface area contributed by atoms with Gasteiger partial charge in [0.25, 0.3) is 0 Å². The molecule has 1 aliphatic heterocycles. The van der Waals surface area contributed by atoms with Crippen LogP contribution >= 0.6 is 0 Å². The van der Waals surface area contributed by atoms with E-state index in [-0.39, 0.29) is 36.0 Å². The first-order valence-corrected chi connectivity index (χ1v) is 9.23. The summed E-state index contributed by atoms with van der Waals surface area (Å²) in [7, 11) is 0. The largest absolute Gasteiger partial charge is 0.348 e. The predicted molar refractivity (Wildman–Crippen MR) is 100 cm³/mol. The number of carbonyl (C=O) groups excluding carboxylic acids is 2. The van der Waals surface area contributed by atoms with Crippen molar-refractivity contribution in [1.29, 1.82) is 0 Å². The third-order valence-electron chi connectivity index (χ3n) is 4.92. The van der Waals surface area contributed by atoms with Crippen LogP contribution in [0.4, 0.5) is 4.39 Å². The summed E-state index contributed by atoms with van der Waals surface area (Å²) in [6.45, 7) is 2.77. The highest BCUT2D eigenvalue weighted by Crippen LogP contribution is 2.29. The third kappa shape index (κ3) is 5.12. The maximum Gasteiger partial charge on any atom is 0.226 e. The van der Waals surface area contributed by atoms with E-state index in [2.05, 4.69) is 10.3 Å². The highest BCUT2D eigenvalue weighted by atomic mass is 19.1. The van der Waals surface area contributed by atoms with Gasteiger partial charge in [0.1, 0.15) is 5.82 Å². The predicted octanol–water partition coefficient (Wildman–Crippen LogP) is 2.88. The Bertz CT molecular complexity index is 780. The molecule has 0 unspecified atom stereocenters. The molecule has 2 heterocycles. The zero-order valence-electron chi connectivity index (χ0n) is 15.4. The van der Waals surface area contributed by atoms with E-state index in [4.69, 9.17) is 0 Å². The molecule has 0 bridgehead atoms. The Kier molecular flexibility index (Phi) is 6.16. The first kappa shape index (κ1) is 19.0. The van der Waals surface area contributed by atoms with Crippen LogP contribution in [0.3, 0.4) is 0 Å². The fraction of sp³-hybridized carbons (Fsp3) is 0.381. The molecule has 0 radical (unpaired) electrons.